The Kier molecular flexibility index (Phi) is 7.68. The first kappa shape index (κ1) is 24.6. The number of carbonyl (C=O) groups excluding carboxylic acids is 3. The molecule has 0 aliphatic carbocycles. The van der Waals surface area contributed by atoms with E-state index in [1.165, 1.54) is 0 Å². The molecule has 2 aromatic rings. The molecule has 1 aliphatic rings. The fraction of sp³-hybridized carbons (Fsp3) is 0.435. The third kappa shape index (κ3) is 5.16. The predicted molar refractivity (Wildman–Crippen MR) is 127 cm³/mol. The molecule has 1 aromatic heterocycles. The van der Waals surface area contributed by atoms with Crippen molar-refractivity contribution in [1.29, 1.82) is 0 Å². The molecule has 0 radical (unpaired) electrons. The molecule has 176 valence electrons. The van der Waals surface area contributed by atoms with Gasteiger partial charge >= 0.3 is 11.9 Å². The van der Waals surface area contributed by atoms with Crippen molar-refractivity contribution in [2.45, 2.75) is 46.5 Å². The minimum atomic E-state index is -1.45. The number of carbonyl (C=O) groups is 3. The number of anilines is 3. The molecule has 1 aromatic carbocycles. The van der Waals surface area contributed by atoms with Crippen molar-refractivity contribution in [3.63, 3.8) is 0 Å². The second-order valence-corrected chi connectivity index (χ2v) is 8.65. The number of nitrogens with zero attached hydrogens (tertiary/aromatic N) is 3. The van der Waals surface area contributed by atoms with Crippen LogP contribution in [0.15, 0.2) is 22.7 Å². The van der Waals surface area contributed by atoms with Gasteiger partial charge in [0.1, 0.15) is 18.1 Å². The topological polar surface area (TPSA) is 111 Å². The summed E-state index contributed by atoms with van der Waals surface area (Å²) in [5, 5.41) is 2.74. The van der Waals surface area contributed by atoms with Gasteiger partial charge in [-0.3, -0.25) is 14.4 Å². The lowest BCUT2D eigenvalue weighted by Crippen LogP contribution is -2.38. The number of hydrogen-bond acceptors (Lipinski definition) is 8. The third-order valence-corrected chi connectivity index (χ3v) is 5.73. The lowest BCUT2D eigenvalue weighted by atomic mass is 10.0. The molecule has 1 amide bonds. The number of fused-ring (bicyclic) bond motifs is 1. The fourth-order valence-electron chi connectivity index (χ4n) is 3.57. The number of rotatable bonds is 7. The molecule has 0 unspecified atom stereocenters. The van der Waals surface area contributed by atoms with E-state index in [9.17, 15) is 14.4 Å². The molecule has 33 heavy (non-hydrogen) atoms. The summed E-state index contributed by atoms with van der Waals surface area (Å²) < 4.78 is 11.0. The standard InChI is InChI=1S/C23H27BrN4O5/c1-6-32-22(30)18(23(31)33-7-2)19-20-21(26-13(5)25-19)28(11-17(29)27-20)16-9-8-14(12(3)4)10-15(16)24/h8-10,12,18H,6-7,11H2,1-5H3,(H,27,29). The second kappa shape index (κ2) is 10.3. The van der Waals surface area contributed by atoms with Crippen LogP contribution in [0.4, 0.5) is 17.2 Å². The highest BCUT2D eigenvalue weighted by Gasteiger charge is 2.39. The first-order chi connectivity index (χ1) is 15.7. The minimum Gasteiger partial charge on any atom is -0.465 e. The number of hydrogen-bond donors (Lipinski definition) is 1. The summed E-state index contributed by atoms with van der Waals surface area (Å²) in [5.74, 6) is -2.34. The molecular weight excluding hydrogens is 492 g/mol. The number of nitrogens with one attached hydrogen (secondary N) is 1. The van der Waals surface area contributed by atoms with Gasteiger partial charge < -0.3 is 19.7 Å². The molecule has 0 saturated carbocycles. The Morgan fingerprint density at radius 2 is 1.79 bits per heavy atom. The predicted octanol–water partition coefficient (Wildman–Crippen LogP) is 3.97. The first-order valence-electron chi connectivity index (χ1n) is 10.8. The van der Waals surface area contributed by atoms with Crippen molar-refractivity contribution in [1.82, 2.24) is 9.97 Å². The van der Waals surface area contributed by atoms with E-state index in [1.54, 1.807) is 25.7 Å². The van der Waals surface area contributed by atoms with Crippen LogP contribution in [-0.2, 0) is 23.9 Å². The summed E-state index contributed by atoms with van der Waals surface area (Å²) in [5.41, 5.74) is 2.09. The van der Waals surface area contributed by atoms with Crippen molar-refractivity contribution in [2.24, 2.45) is 0 Å². The molecule has 3 rings (SSSR count). The number of benzene rings is 1. The Bertz CT molecular complexity index is 1070. The Balaban J connectivity index is 2.18. The van der Waals surface area contributed by atoms with Gasteiger partial charge in [0.05, 0.1) is 24.6 Å². The van der Waals surface area contributed by atoms with E-state index < -0.39 is 17.9 Å². The summed E-state index contributed by atoms with van der Waals surface area (Å²) in [6.45, 7) is 9.29. The monoisotopic (exact) mass is 518 g/mol. The van der Waals surface area contributed by atoms with Crippen molar-refractivity contribution < 1.29 is 23.9 Å². The molecule has 0 saturated heterocycles. The Morgan fingerprint density at radius 1 is 1.15 bits per heavy atom. The number of esters is 2. The maximum Gasteiger partial charge on any atom is 0.326 e. The highest BCUT2D eigenvalue weighted by atomic mass is 79.9. The van der Waals surface area contributed by atoms with Gasteiger partial charge in [-0.1, -0.05) is 19.9 Å². The van der Waals surface area contributed by atoms with Crippen LogP contribution in [0, 0.1) is 6.92 Å². The van der Waals surface area contributed by atoms with Crippen LogP contribution >= 0.6 is 15.9 Å². The van der Waals surface area contributed by atoms with E-state index in [1.807, 2.05) is 18.2 Å². The van der Waals surface area contributed by atoms with Crippen molar-refractivity contribution in [2.75, 3.05) is 30.0 Å². The molecule has 2 heterocycles. The minimum absolute atomic E-state index is 0.00595. The highest BCUT2D eigenvalue weighted by molar-refractivity contribution is 9.10. The highest BCUT2D eigenvalue weighted by Crippen LogP contribution is 2.41. The molecule has 1 aliphatic heterocycles. The summed E-state index contributed by atoms with van der Waals surface area (Å²) in [4.78, 5) is 48.8. The maximum absolute atomic E-state index is 12.7. The van der Waals surface area contributed by atoms with Crippen LogP contribution in [0.25, 0.3) is 0 Å². The van der Waals surface area contributed by atoms with E-state index in [0.29, 0.717) is 17.6 Å². The van der Waals surface area contributed by atoms with Crippen molar-refractivity contribution in [3.8, 4) is 0 Å². The number of amides is 1. The SMILES string of the molecule is CCOC(=O)C(C(=O)OCC)c1nc(C)nc2c1NC(=O)CN2c1ccc(C(C)C)cc1Br. The maximum atomic E-state index is 12.7. The Hall–Kier alpha value is -3.01. The first-order valence-corrected chi connectivity index (χ1v) is 11.6. The van der Waals surface area contributed by atoms with Crippen molar-refractivity contribution in [3.05, 3.63) is 39.8 Å². The summed E-state index contributed by atoms with van der Waals surface area (Å²) in [7, 11) is 0. The zero-order chi connectivity index (χ0) is 24.3. The number of ether oxygens (including phenoxy) is 2. The number of halogens is 1. The van der Waals surface area contributed by atoms with Crippen LogP contribution < -0.4 is 10.2 Å². The van der Waals surface area contributed by atoms with Gasteiger partial charge in [-0.2, -0.15) is 0 Å². The third-order valence-electron chi connectivity index (χ3n) is 5.10. The van der Waals surface area contributed by atoms with E-state index in [2.05, 4.69) is 45.1 Å². The van der Waals surface area contributed by atoms with E-state index >= 15 is 0 Å². The molecule has 1 N–H and O–H groups in total. The van der Waals surface area contributed by atoms with E-state index in [-0.39, 0.29) is 37.0 Å². The van der Waals surface area contributed by atoms with Gasteiger partial charge in [0.2, 0.25) is 5.91 Å². The molecule has 0 atom stereocenters. The molecular formula is C23H27BrN4O5. The normalized spacial score (nSPS) is 13.1. The van der Waals surface area contributed by atoms with E-state index in [4.69, 9.17) is 9.47 Å². The zero-order valence-corrected chi connectivity index (χ0v) is 20.9. The van der Waals surface area contributed by atoms with Gasteiger partial charge in [-0.25, -0.2) is 9.97 Å². The molecule has 9 nitrogen and oxygen atoms in total. The number of aromatic nitrogens is 2. The second-order valence-electron chi connectivity index (χ2n) is 7.79. The summed E-state index contributed by atoms with van der Waals surface area (Å²) >= 11 is 3.61. The molecule has 0 bridgehead atoms. The van der Waals surface area contributed by atoms with Crippen LogP contribution in [0.2, 0.25) is 0 Å². The van der Waals surface area contributed by atoms with Gasteiger partial charge in [0.15, 0.2) is 11.7 Å². The van der Waals surface area contributed by atoms with Gasteiger partial charge in [0, 0.05) is 4.47 Å². The van der Waals surface area contributed by atoms with Gasteiger partial charge in [-0.15, -0.1) is 0 Å². The average Bonchev–Trinajstić information content (AvgIpc) is 2.74. The Labute approximate surface area is 201 Å². The summed E-state index contributed by atoms with van der Waals surface area (Å²) in [6.07, 6.45) is 0. The quantitative estimate of drug-likeness (QED) is 0.432. The summed E-state index contributed by atoms with van der Waals surface area (Å²) in [6, 6.07) is 5.90. The lowest BCUT2D eigenvalue weighted by Gasteiger charge is -2.32. The van der Waals surface area contributed by atoms with Gasteiger partial charge in [-0.05, 0) is 60.3 Å². The Morgan fingerprint density at radius 3 is 2.33 bits per heavy atom. The van der Waals surface area contributed by atoms with Gasteiger partial charge in [0.25, 0.3) is 0 Å². The van der Waals surface area contributed by atoms with Crippen molar-refractivity contribution >= 4 is 51.0 Å². The van der Waals surface area contributed by atoms with Crippen LogP contribution in [0.3, 0.4) is 0 Å². The van der Waals surface area contributed by atoms with Crippen LogP contribution in [0.1, 0.15) is 56.6 Å². The van der Waals surface area contributed by atoms with Crippen LogP contribution in [-0.4, -0.2) is 47.6 Å². The fourth-order valence-corrected chi connectivity index (χ4v) is 4.18. The molecule has 10 heteroatoms. The zero-order valence-electron chi connectivity index (χ0n) is 19.3. The molecule has 0 spiro atoms. The lowest BCUT2D eigenvalue weighted by molar-refractivity contribution is -0.157. The largest absolute Gasteiger partial charge is 0.465 e. The smallest absolute Gasteiger partial charge is 0.326 e. The number of aryl methyl sites for hydroxylation is 1. The molecule has 0 fully saturated rings. The van der Waals surface area contributed by atoms with E-state index in [0.717, 1.165) is 15.7 Å². The average molecular weight is 519 g/mol. The van der Waals surface area contributed by atoms with Crippen LogP contribution in [0.5, 0.6) is 0 Å².